The van der Waals surface area contributed by atoms with E-state index >= 15 is 0 Å². The molecule has 1 aliphatic carbocycles. The van der Waals surface area contributed by atoms with E-state index in [4.69, 9.17) is 4.74 Å². The summed E-state index contributed by atoms with van der Waals surface area (Å²) in [5.41, 5.74) is 4.22. The highest BCUT2D eigenvalue weighted by Gasteiger charge is 2.32. The maximum absolute atomic E-state index is 12.8. The van der Waals surface area contributed by atoms with Crippen LogP contribution in [0.5, 0.6) is 5.75 Å². The highest BCUT2D eigenvalue weighted by atomic mass is 16.5. The Bertz CT molecular complexity index is 852. The first-order valence-corrected chi connectivity index (χ1v) is 12.0. The highest BCUT2D eigenvalue weighted by Crippen LogP contribution is 2.28. The third-order valence-corrected chi connectivity index (χ3v) is 6.62. The Hall–Kier alpha value is -2.33. The number of rotatable bonds is 9. The van der Waals surface area contributed by atoms with Gasteiger partial charge in [-0.1, -0.05) is 49.7 Å². The first-order valence-electron chi connectivity index (χ1n) is 12.0. The Kier molecular flexibility index (Phi) is 7.63. The predicted octanol–water partition coefficient (Wildman–Crippen LogP) is 4.61. The zero-order valence-electron chi connectivity index (χ0n) is 18.8. The van der Waals surface area contributed by atoms with E-state index in [1.807, 2.05) is 0 Å². The number of unbranched alkanes of at least 4 members (excludes halogenated alkanes) is 1. The molecule has 2 aromatic rings. The average Bonchev–Trinajstić information content (AvgIpc) is 3.26. The fourth-order valence-corrected chi connectivity index (χ4v) is 4.97. The number of hydrogen-bond donors (Lipinski definition) is 1. The molecule has 4 heteroatoms. The summed E-state index contributed by atoms with van der Waals surface area (Å²) < 4.78 is 6.24. The Morgan fingerprint density at radius 2 is 1.94 bits per heavy atom. The molecule has 0 aromatic heterocycles. The molecule has 2 aromatic carbocycles. The van der Waals surface area contributed by atoms with Crippen LogP contribution in [0.25, 0.3) is 0 Å². The quantitative estimate of drug-likeness (QED) is 0.603. The van der Waals surface area contributed by atoms with Crippen LogP contribution < -0.4 is 10.1 Å². The number of hydrogen-bond acceptors (Lipinski definition) is 3. The standard InChI is InChI=1S/C27H36N2O2/c1-2-3-14-28-27(30)25-15-22(18-29(19-25)17-21-8-5-4-6-9-21)20-31-26-13-12-23-10-7-11-24(23)16-26/h4-6,8-9,12-13,16,22,25H,2-3,7,10-11,14-15,17-20H2,1H3,(H,28,30)/t22-,25+/m0/s1. The van der Waals surface area contributed by atoms with E-state index in [1.54, 1.807) is 0 Å². The summed E-state index contributed by atoms with van der Waals surface area (Å²) >= 11 is 0. The van der Waals surface area contributed by atoms with Crippen LogP contribution in [0.4, 0.5) is 0 Å². The van der Waals surface area contributed by atoms with Gasteiger partial charge in [-0.05, 0) is 60.9 Å². The molecule has 4 nitrogen and oxygen atoms in total. The molecular formula is C27H36N2O2. The first kappa shape index (κ1) is 21.9. The summed E-state index contributed by atoms with van der Waals surface area (Å²) in [6, 6.07) is 17.1. The normalized spacial score (nSPS) is 20.9. The lowest BCUT2D eigenvalue weighted by Crippen LogP contribution is -2.47. The number of nitrogens with zero attached hydrogens (tertiary/aromatic N) is 1. The predicted molar refractivity (Wildman–Crippen MR) is 125 cm³/mol. The molecule has 0 saturated carbocycles. The number of likely N-dealkylation sites (tertiary alicyclic amines) is 1. The van der Waals surface area contributed by atoms with Crippen LogP contribution in [-0.2, 0) is 24.2 Å². The van der Waals surface area contributed by atoms with Gasteiger partial charge in [-0.2, -0.15) is 0 Å². The van der Waals surface area contributed by atoms with Crippen molar-refractivity contribution in [2.75, 3.05) is 26.2 Å². The summed E-state index contributed by atoms with van der Waals surface area (Å²) in [5, 5.41) is 3.15. The Balaban J connectivity index is 1.39. The Labute approximate surface area is 187 Å². The van der Waals surface area contributed by atoms with Gasteiger partial charge in [0.15, 0.2) is 0 Å². The van der Waals surface area contributed by atoms with Gasteiger partial charge >= 0.3 is 0 Å². The minimum atomic E-state index is 0.0305. The van der Waals surface area contributed by atoms with Crippen molar-refractivity contribution in [1.82, 2.24) is 10.2 Å². The molecule has 0 unspecified atom stereocenters. The topological polar surface area (TPSA) is 41.6 Å². The molecule has 0 spiro atoms. The largest absolute Gasteiger partial charge is 0.493 e. The highest BCUT2D eigenvalue weighted by molar-refractivity contribution is 5.79. The summed E-state index contributed by atoms with van der Waals surface area (Å²) in [7, 11) is 0. The summed E-state index contributed by atoms with van der Waals surface area (Å²) in [6.45, 7) is 6.28. The third kappa shape index (κ3) is 6.10. The fourth-order valence-electron chi connectivity index (χ4n) is 4.97. The smallest absolute Gasteiger partial charge is 0.224 e. The fraction of sp³-hybridized carbons (Fsp3) is 0.519. The molecule has 1 fully saturated rings. The van der Waals surface area contributed by atoms with Crippen molar-refractivity contribution in [3.05, 3.63) is 65.2 Å². The summed E-state index contributed by atoms with van der Waals surface area (Å²) in [4.78, 5) is 15.3. The molecule has 1 N–H and O–H groups in total. The number of carbonyl (C=O) groups is 1. The molecule has 1 aliphatic heterocycles. The zero-order valence-corrected chi connectivity index (χ0v) is 18.8. The van der Waals surface area contributed by atoms with Crippen LogP contribution in [0.2, 0.25) is 0 Å². The van der Waals surface area contributed by atoms with Crippen molar-refractivity contribution in [3.63, 3.8) is 0 Å². The van der Waals surface area contributed by atoms with Crippen LogP contribution in [-0.4, -0.2) is 37.0 Å². The van der Waals surface area contributed by atoms with Gasteiger partial charge in [0.2, 0.25) is 5.91 Å². The molecule has 2 atom stereocenters. The maximum atomic E-state index is 12.8. The lowest BCUT2D eigenvalue weighted by molar-refractivity contribution is -0.127. The van der Waals surface area contributed by atoms with Gasteiger partial charge in [0.05, 0.1) is 12.5 Å². The molecule has 0 bridgehead atoms. The van der Waals surface area contributed by atoms with E-state index in [9.17, 15) is 4.79 Å². The summed E-state index contributed by atoms with van der Waals surface area (Å²) in [5.74, 6) is 1.56. The number of amides is 1. The van der Waals surface area contributed by atoms with Gasteiger partial charge in [-0.3, -0.25) is 9.69 Å². The molecule has 2 aliphatic rings. The number of aryl methyl sites for hydroxylation is 2. The summed E-state index contributed by atoms with van der Waals surface area (Å²) in [6.07, 6.45) is 6.65. The van der Waals surface area contributed by atoms with Gasteiger partial charge in [0.25, 0.3) is 0 Å². The minimum absolute atomic E-state index is 0.0305. The lowest BCUT2D eigenvalue weighted by atomic mass is 9.88. The first-order chi connectivity index (χ1) is 15.2. The van der Waals surface area contributed by atoms with Gasteiger partial charge in [0.1, 0.15) is 5.75 Å². The van der Waals surface area contributed by atoms with Crippen LogP contribution in [0, 0.1) is 11.8 Å². The van der Waals surface area contributed by atoms with Crippen molar-refractivity contribution in [2.45, 2.75) is 52.0 Å². The van der Waals surface area contributed by atoms with E-state index < -0.39 is 0 Å². The molecule has 0 radical (unpaired) electrons. The molecule has 31 heavy (non-hydrogen) atoms. The number of ether oxygens (including phenoxy) is 1. The van der Waals surface area contributed by atoms with Gasteiger partial charge in [-0.25, -0.2) is 0 Å². The number of fused-ring (bicyclic) bond motifs is 1. The molecule has 1 heterocycles. The second-order valence-corrected chi connectivity index (χ2v) is 9.22. The van der Waals surface area contributed by atoms with Crippen LogP contribution in [0.3, 0.4) is 0 Å². The molecule has 4 rings (SSSR count). The van der Waals surface area contributed by atoms with Gasteiger partial charge < -0.3 is 10.1 Å². The van der Waals surface area contributed by atoms with Crippen molar-refractivity contribution >= 4 is 5.91 Å². The Morgan fingerprint density at radius 3 is 2.77 bits per heavy atom. The Morgan fingerprint density at radius 1 is 1.10 bits per heavy atom. The van der Waals surface area contributed by atoms with Crippen molar-refractivity contribution in [3.8, 4) is 5.75 Å². The van der Waals surface area contributed by atoms with Crippen LogP contribution >= 0.6 is 0 Å². The lowest BCUT2D eigenvalue weighted by Gasteiger charge is -2.37. The van der Waals surface area contributed by atoms with Gasteiger partial charge in [0, 0.05) is 32.1 Å². The van der Waals surface area contributed by atoms with E-state index in [1.165, 1.54) is 36.0 Å². The maximum Gasteiger partial charge on any atom is 0.224 e. The minimum Gasteiger partial charge on any atom is -0.493 e. The van der Waals surface area contributed by atoms with E-state index in [-0.39, 0.29) is 11.8 Å². The second kappa shape index (κ2) is 10.8. The monoisotopic (exact) mass is 420 g/mol. The molecule has 1 saturated heterocycles. The number of carbonyl (C=O) groups excluding carboxylic acids is 1. The SMILES string of the molecule is CCCCNC(=O)[C@@H]1C[C@H](COc2ccc3c(c2)CCC3)CN(Cc2ccccc2)C1. The molecular weight excluding hydrogens is 384 g/mol. The zero-order chi connectivity index (χ0) is 21.5. The van der Waals surface area contributed by atoms with Crippen molar-refractivity contribution < 1.29 is 9.53 Å². The number of nitrogens with one attached hydrogen (secondary N) is 1. The number of benzene rings is 2. The van der Waals surface area contributed by atoms with E-state index in [0.717, 1.165) is 51.2 Å². The average molecular weight is 421 g/mol. The van der Waals surface area contributed by atoms with Gasteiger partial charge in [-0.15, -0.1) is 0 Å². The van der Waals surface area contributed by atoms with Crippen molar-refractivity contribution in [2.24, 2.45) is 11.8 Å². The third-order valence-electron chi connectivity index (χ3n) is 6.62. The second-order valence-electron chi connectivity index (χ2n) is 9.22. The van der Waals surface area contributed by atoms with Crippen LogP contribution in [0.1, 0.15) is 49.3 Å². The molecule has 1 amide bonds. The van der Waals surface area contributed by atoms with Crippen molar-refractivity contribution in [1.29, 1.82) is 0 Å². The molecule has 166 valence electrons. The number of piperidine rings is 1. The van der Waals surface area contributed by atoms with E-state index in [2.05, 4.69) is 65.7 Å². The van der Waals surface area contributed by atoms with E-state index in [0.29, 0.717) is 12.5 Å². The van der Waals surface area contributed by atoms with Crippen LogP contribution in [0.15, 0.2) is 48.5 Å².